The number of hydrogen-bond acceptors (Lipinski definition) is 3. The molecule has 0 saturated carbocycles. The number of carbonyl (C=O) groups is 2. The third-order valence-electron chi connectivity index (χ3n) is 3.77. The van der Waals surface area contributed by atoms with Gasteiger partial charge in [0.25, 0.3) is 0 Å². The van der Waals surface area contributed by atoms with Gasteiger partial charge < -0.3 is 10.4 Å². The van der Waals surface area contributed by atoms with Gasteiger partial charge in [-0.1, -0.05) is 51.5 Å². The van der Waals surface area contributed by atoms with Crippen molar-refractivity contribution in [1.82, 2.24) is 10.6 Å². The van der Waals surface area contributed by atoms with E-state index in [1.54, 1.807) is 0 Å². The molecule has 0 saturated heterocycles. The Morgan fingerprint density at radius 3 is 2.35 bits per heavy atom. The Morgan fingerprint density at radius 2 is 1.83 bits per heavy atom. The zero-order valence-electron chi connectivity index (χ0n) is 14.3. The molecule has 0 aromatic heterocycles. The first kappa shape index (κ1) is 19.2. The largest absolute Gasteiger partial charge is 0.480 e. The van der Waals surface area contributed by atoms with Crippen molar-refractivity contribution in [2.24, 2.45) is 0 Å². The fourth-order valence-electron chi connectivity index (χ4n) is 2.30. The quantitative estimate of drug-likeness (QED) is 0.618. The van der Waals surface area contributed by atoms with E-state index < -0.39 is 12.0 Å². The molecule has 0 bridgehead atoms. The maximum absolute atomic E-state index is 11.7. The van der Waals surface area contributed by atoms with Crippen LogP contribution in [0.4, 0.5) is 0 Å². The molecule has 0 spiro atoms. The molecule has 1 rings (SSSR count). The molecule has 0 heterocycles. The van der Waals surface area contributed by atoms with Gasteiger partial charge in [0.2, 0.25) is 5.91 Å². The summed E-state index contributed by atoms with van der Waals surface area (Å²) in [6.07, 6.45) is 2.05. The number of nitrogens with one attached hydrogen (secondary N) is 2. The van der Waals surface area contributed by atoms with Crippen molar-refractivity contribution in [2.75, 3.05) is 13.1 Å². The molecule has 1 atom stereocenters. The van der Waals surface area contributed by atoms with Gasteiger partial charge >= 0.3 is 5.97 Å². The molecule has 1 aromatic rings. The van der Waals surface area contributed by atoms with Crippen LogP contribution in [0.25, 0.3) is 0 Å². The predicted octanol–water partition coefficient (Wildman–Crippen LogP) is 2.31. The molecule has 0 fully saturated rings. The Kier molecular flexibility index (Phi) is 8.33. The zero-order chi connectivity index (χ0) is 17.2. The van der Waals surface area contributed by atoms with E-state index in [-0.39, 0.29) is 12.5 Å². The molecule has 5 nitrogen and oxygen atoms in total. The molecule has 0 radical (unpaired) electrons. The van der Waals surface area contributed by atoms with Crippen molar-refractivity contribution in [2.45, 2.75) is 52.0 Å². The summed E-state index contributed by atoms with van der Waals surface area (Å²) in [7, 11) is 0. The second-order valence-electron chi connectivity index (χ2n) is 6.06. The van der Waals surface area contributed by atoms with Crippen LogP contribution < -0.4 is 10.6 Å². The molecular formula is C18H28N2O3. The summed E-state index contributed by atoms with van der Waals surface area (Å²) in [5.41, 5.74) is 2.48. The zero-order valence-corrected chi connectivity index (χ0v) is 14.3. The lowest BCUT2D eigenvalue weighted by Gasteiger charge is -2.13. The van der Waals surface area contributed by atoms with Gasteiger partial charge in [-0.3, -0.25) is 14.9 Å². The average molecular weight is 320 g/mol. The van der Waals surface area contributed by atoms with Crippen LogP contribution in [0, 0.1) is 0 Å². The van der Waals surface area contributed by atoms with Crippen LogP contribution in [0.15, 0.2) is 24.3 Å². The number of carbonyl (C=O) groups excluding carboxylic acids is 1. The molecule has 5 heteroatoms. The highest BCUT2D eigenvalue weighted by Gasteiger charge is 2.16. The van der Waals surface area contributed by atoms with Gasteiger partial charge in [0, 0.05) is 6.54 Å². The fourth-order valence-corrected chi connectivity index (χ4v) is 2.30. The standard InChI is InChI=1S/C18H28N2O3/c1-4-5-16(18(22)23)20-12-17(21)19-11-10-14-6-8-15(9-7-14)13(2)3/h6-9,13,16,20H,4-5,10-12H2,1-3H3,(H,19,21)(H,22,23). The second kappa shape index (κ2) is 10.0. The third kappa shape index (κ3) is 7.28. The summed E-state index contributed by atoms with van der Waals surface area (Å²) in [6.45, 7) is 6.81. The summed E-state index contributed by atoms with van der Waals surface area (Å²) >= 11 is 0. The Hall–Kier alpha value is -1.88. The van der Waals surface area contributed by atoms with Gasteiger partial charge in [0.1, 0.15) is 6.04 Å². The lowest BCUT2D eigenvalue weighted by Crippen LogP contribution is -2.43. The van der Waals surface area contributed by atoms with Gasteiger partial charge in [0.15, 0.2) is 0 Å². The molecule has 128 valence electrons. The van der Waals surface area contributed by atoms with Crippen LogP contribution in [-0.2, 0) is 16.0 Å². The van der Waals surface area contributed by atoms with Crippen molar-refractivity contribution in [1.29, 1.82) is 0 Å². The lowest BCUT2D eigenvalue weighted by atomic mass is 10.0. The van der Waals surface area contributed by atoms with E-state index in [0.29, 0.717) is 18.9 Å². The number of rotatable bonds is 10. The van der Waals surface area contributed by atoms with Crippen molar-refractivity contribution in [3.63, 3.8) is 0 Å². The van der Waals surface area contributed by atoms with Gasteiger partial charge in [-0.05, 0) is 29.9 Å². The number of carboxylic acids is 1. The number of benzene rings is 1. The van der Waals surface area contributed by atoms with Crippen LogP contribution in [0.5, 0.6) is 0 Å². The minimum Gasteiger partial charge on any atom is -0.480 e. The molecule has 1 aromatic carbocycles. The average Bonchev–Trinajstić information content (AvgIpc) is 2.51. The summed E-state index contributed by atoms with van der Waals surface area (Å²) in [5, 5.41) is 14.6. The minimum atomic E-state index is -0.912. The third-order valence-corrected chi connectivity index (χ3v) is 3.77. The molecule has 0 aliphatic carbocycles. The SMILES string of the molecule is CCCC(NCC(=O)NCCc1ccc(C(C)C)cc1)C(=O)O. The van der Waals surface area contributed by atoms with Crippen molar-refractivity contribution >= 4 is 11.9 Å². The van der Waals surface area contributed by atoms with Crippen molar-refractivity contribution in [3.8, 4) is 0 Å². The lowest BCUT2D eigenvalue weighted by molar-refractivity contribution is -0.139. The van der Waals surface area contributed by atoms with Crippen LogP contribution in [0.2, 0.25) is 0 Å². The van der Waals surface area contributed by atoms with E-state index in [1.807, 2.05) is 6.92 Å². The number of carboxylic acid groups (broad SMARTS) is 1. The molecule has 1 unspecified atom stereocenters. The molecular weight excluding hydrogens is 292 g/mol. The molecule has 23 heavy (non-hydrogen) atoms. The van der Waals surface area contributed by atoms with E-state index in [4.69, 9.17) is 5.11 Å². The maximum atomic E-state index is 11.7. The first-order chi connectivity index (χ1) is 10.9. The first-order valence-electron chi connectivity index (χ1n) is 8.25. The van der Waals surface area contributed by atoms with Crippen molar-refractivity contribution in [3.05, 3.63) is 35.4 Å². The summed E-state index contributed by atoms with van der Waals surface area (Å²) in [4.78, 5) is 22.7. The van der Waals surface area contributed by atoms with E-state index in [2.05, 4.69) is 48.7 Å². The smallest absolute Gasteiger partial charge is 0.320 e. The van der Waals surface area contributed by atoms with Crippen LogP contribution in [0.3, 0.4) is 0 Å². The van der Waals surface area contributed by atoms with E-state index in [9.17, 15) is 9.59 Å². The molecule has 0 aliphatic rings. The molecule has 1 amide bonds. The Labute approximate surface area is 138 Å². The number of amides is 1. The fraction of sp³-hybridized carbons (Fsp3) is 0.556. The molecule has 3 N–H and O–H groups in total. The summed E-state index contributed by atoms with van der Waals surface area (Å²) < 4.78 is 0. The highest BCUT2D eigenvalue weighted by molar-refractivity contribution is 5.79. The number of hydrogen-bond donors (Lipinski definition) is 3. The van der Waals surface area contributed by atoms with E-state index >= 15 is 0 Å². The number of aliphatic carboxylic acids is 1. The highest BCUT2D eigenvalue weighted by atomic mass is 16.4. The van der Waals surface area contributed by atoms with Crippen LogP contribution in [-0.4, -0.2) is 36.1 Å². The topological polar surface area (TPSA) is 78.4 Å². The van der Waals surface area contributed by atoms with E-state index in [1.165, 1.54) is 11.1 Å². The monoisotopic (exact) mass is 320 g/mol. The Morgan fingerprint density at radius 1 is 1.17 bits per heavy atom. The van der Waals surface area contributed by atoms with Crippen molar-refractivity contribution < 1.29 is 14.7 Å². The van der Waals surface area contributed by atoms with Crippen LogP contribution in [0.1, 0.15) is 50.7 Å². The van der Waals surface area contributed by atoms with Gasteiger partial charge in [-0.2, -0.15) is 0 Å². The molecule has 0 aliphatic heterocycles. The first-order valence-corrected chi connectivity index (χ1v) is 8.25. The van der Waals surface area contributed by atoms with Gasteiger partial charge in [-0.25, -0.2) is 0 Å². The highest BCUT2D eigenvalue weighted by Crippen LogP contribution is 2.14. The summed E-state index contributed by atoms with van der Waals surface area (Å²) in [5.74, 6) is -0.573. The minimum absolute atomic E-state index is 0.0310. The van der Waals surface area contributed by atoms with Gasteiger partial charge in [0.05, 0.1) is 6.54 Å². The maximum Gasteiger partial charge on any atom is 0.320 e. The normalized spacial score (nSPS) is 12.2. The summed E-state index contributed by atoms with van der Waals surface area (Å²) in [6, 6.07) is 7.74. The predicted molar refractivity (Wildman–Crippen MR) is 91.6 cm³/mol. The Balaban J connectivity index is 2.29. The van der Waals surface area contributed by atoms with Gasteiger partial charge in [-0.15, -0.1) is 0 Å². The van der Waals surface area contributed by atoms with Crippen LogP contribution >= 0.6 is 0 Å². The second-order valence-corrected chi connectivity index (χ2v) is 6.06. The van der Waals surface area contributed by atoms with E-state index in [0.717, 1.165) is 12.8 Å². The Bertz CT molecular complexity index is 497.